The molecule has 4 rings (SSSR count). The summed E-state index contributed by atoms with van der Waals surface area (Å²) >= 11 is 0. The van der Waals surface area contributed by atoms with Gasteiger partial charge in [0.25, 0.3) is 5.91 Å². The molecule has 3 aromatic rings. The fraction of sp³-hybridized carbons (Fsp3) is 0.200. The number of piperazine rings is 1. The average Bonchev–Trinajstić information content (AvgIpc) is 2.71. The highest BCUT2D eigenvalue weighted by molar-refractivity contribution is 6.15. The fourth-order valence-electron chi connectivity index (χ4n) is 4.04. The van der Waals surface area contributed by atoms with Gasteiger partial charge >= 0.3 is 0 Å². The molecule has 1 atom stereocenters. The third-order valence-corrected chi connectivity index (χ3v) is 5.45. The molecule has 4 nitrogen and oxygen atoms in total. The summed E-state index contributed by atoms with van der Waals surface area (Å²) in [5.74, 6) is -0.182. The number of nitrogens with zero attached hydrogens (tertiary/aromatic N) is 2. The van der Waals surface area contributed by atoms with Crippen LogP contribution in [0.4, 0.5) is 11.4 Å². The molecule has 0 spiro atoms. The minimum atomic E-state index is -0.696. The zero-order valence-corrected chi connectivity index (χ0v) is 16.9. The first-order valence-corrected chi connectivity index (χ1v) is 9.78. The summed E-state index contributed by atoms with van der Waals surface area (Å²) in [7, 11) is 0. The zero-order chi connectivity index (χ0) is 20.5. The molecule has 4 heteroatoms. The molecule has 0 bridgehead atoms. The van der Waals surface area contributed by atoms with Crippen molar-refractivity contribution in [3.8, 4) is 0 Å². The Balaban J connectivity index is 1.85. The Labute approximate surface area is 171 Å². The second kappa shape index (κ2) is 7.55. The first-order chi connectivity index (χ1) is 14.0. The van der Waals surface area contributed by atoms with E-state index in [4.69, 9.17) is 0 Å². The highest BCUT2D eigenvalue weighted by Crippen LogP contribution is 2.36. The molecule has 2 amide bonds. The third-order valence-electron chi connectivity index (χ3n) is 5.45. The first kappa shape index (κ1) is 18.9. The SMILES string of the molecule is Cc1ccc(N2C(=O)CN(c3ccccc3C)C(=O)[C@H]2c2ccccc2)c(C)c1. The van der Waals surface area contributed by atoms with Gasteiger partial charge in [0.1, 0.15) is 12.6 Å². The number of carbonyl (C=O) groups excluding carboxylic acids is 2. The van der Waals surface area contributed by atoms with E-state index in [-0.39, 0.29) is 18.4 Å². The van der Waals surface area contributed by atoms with Gasteiger partial charge in [-0.25, -0.2) is 0 Å². The molecule has 0 aliphatic carbocycles. The molecular formula is C25H24N2O2. The van der Waals surface area contributed by atoms with Crippen LogP contribution in [-0.4, -0.2) is 18.4 Å². The second-order valence-electron chi connectivity index (χ2n) is 7.58. The zero-order valence-electron chi connectivity index (χ0n) is 16.9. The van der Waals surface area contributed by atoms with Crippen molar-refractivity contribution in [2.45, 2.75) is 26.8 Å². The molecule has 1 fully saturated rings. The van der Waals surface area contributed by atoms with E-state index in [1.54, 1.807) is 9.80 Å². The quantitative estimate of drug-likeness (QED) is 0.655. The van der Waals surface area contributed by atoms with Gasteiger partial charge in [-0.3, -0.25) is 14.5 Å². The van der Waals surface area contributed by atoms with Crippen molar-refractivity contribution in [3.63, 3.8) is 0 Å². The van der Waals surface area contributed by atoms with Gasteiger partial charge in [-0.15, -0.1) is 0 Å². The number of carbonyl (C=O) groups is 2. The maximum Gasteiger partial charge on any atom is 0.255 e. The topological polar surface area (TPSA) is 40.6 Å². The summed E-state index contributed by atoms with van der Waals surface area (Å²) in [4.78, 5) is 30.4. The van der Waals surface area contributed by atoms with E-state index in [0.717, 1.165) is 33.6 Å². The van der Waals surface area contributed by atoms with Gasteiger partial charge in [0.15, 0.2) is 0 Å². The Morgan fingerprint density at radius 2 is 1.45 bits per heavy atom. The van der Waals surface area contributed by atoms with Crippen LogP contribution in [0, 0.1) is 20.8 Å². The number of hydrogen-bond donors (Lipinski definition) is 0. The third kappa shape index (κ3) is 3.42. The Morgan fingerprint density at radius 1 is 0.759 bits per heavy atom. The van der Waals surface area contributed by atoms with Crippen LogP contribution in [0.5, 0.6) is 0 Å². The number of para-hydroxylation sites is 1. The Hall–Kier alpha value is -3.40. The molecule has 1 heterocycles. The predicted molar refractivity (Wildman–Crippen MR) is 116 cm³/mol. The molecular weight excluding hydrogens is 360 g/mol. The Morgan fingerprint density at radius 3 is 2.14 bits per heavy atom. The number of hydrogen-bond acceptors (Lipinski definition) is 2. The second-order valence-corrected chi connectivity index (χ2v) is 7.58. The molecule has 1 aliphatic rings. The lowest BCUT2D eigenvalue weighted by Crippen LogP contribution is -2.56. The van der Waals surface area contributed by atoms with Crippen LogP contribution in [0.3, 0.4) is 0 Å². The van der Waals surface area contributed by atoms with Gasteiger partial charge in [0, 0.05) is 11.4 Å². The van der Waals surface area contributed by atoms with E-state index in [0.29, 0.717) is 0 Å². The van der Waals surface area contributed by atoms with Crippen molar-refractivity contribution < 1.29 is 9.59 Å². The average molecular weight is 384 g/mol. The maximum atomic E-state index is 13.7. The smallest absolute Gasteiger partial charge is 0.255 e. The summed E-state index contributed by atoms with van der Waals surface area (Å²) in [6.07, 6.45) is 0. The summed E-state index contributed by atoms with van der Waals surface area (Å²) in [6, 6.07) is 22.5. The van der Waals surface area contributed by atoms with Gasteiger partial charge < -0.3 is 4.90 Å². The molecule has 0 saturated carbocycles. The van der Waals surface area contributed by atoms with Crippen LogP contribution in [0.15, 0.2) is 72.8 Å². The monoisotopic (exact) mass is 384 g/mol. The van der Waals surface area contributed by atoms with Gasteiger partial charge in [0.05, 0.1) is 0 Å². The van der Waals surface area contributed by atoms with E-state index in [1.165, 1.54) is 0 Å². The predicted octanol–water partition coefficient (Wildman–Crippen LogP) is 4.73. The highest BCUT2D eigenvalue weighted by Gasteiger charge is 2.42. The van der Waals surface area contributed by atoms with E-state index in [9.17, 15) is 9.59 Å². The maximum absolute atomic E-state index is 13.7. The van der Waals surface area contributed by atoms with Crippen LogP contribution in [0.2, 0.25) is 0 Å². The summed E-state index contributed by atoms with van der Waals surface area (Å²) in [5.41, 5.74) is 5.46. The number of rotatable bonds is 3. The molecule has 0 N–H and O–H groups in total. The number of anilines is 2. The largest absolute Gasteiger partial charge is 0.301 e. The van der Waals surface area contributed by atoms with Crippen LogP contribution in [0.25, 0.3) is 0 Å². The van der Waals surface area contributed by atoms with Crippen molar-refractivity contribution in [1.29, 1.82) is 0 Å². The molecule has 3 aromatic carbocycles. The highest BCUT2D eigenvalue weighted by atomic mass is 16.2. The lowest BCUT2D eigenvalue weighted by molar-refractivity contribution is -0.128. The summed E-state index contributed by atoms with van der Waals surface area (Å²) in [6.45, 7) is 5.99. The standard InChI is InChI=1S/C25H24N2O2/c1-17-13-14-22(19(3)15-17)27-23(28)16-26(21-12-8-7-9-18(21)2)25(29)24(27)20-10-5-4-6-11-20/h4-15,24H,16H2,1-3H3/t24-/m1/s1. The lowest BCUT2D eigenvalue weighted by atomic mass is 9.97. The summed E-state index contributed by atoms with van der Waals surface area (Å²) < 4.78 is 0. The molecule has 0 unspecified atom stereocenters. The Bertz CT molecular complexity index is 1080. The van der Waals surface area contributed by atoms with Crippen LogP contribution in [0.1, 0.15) is 28.3 Å². The number of benzene rings is 3. The van der Waals surface area contributed by atoms with Gasteiger partial charge in [0.2, 0.25) is 5.91 Å². The fourth-order valence-corrected chi connectivity index (χ4v) is 4.04. The van der Waals surface area contributed by atoms with Crippen LogP contribution in [-0.2, 0) is 9.59 Å². The first-order valence-electron chi connectivity index (χ1n) is 9.78. The number of aryl methyl sites for hydroxylation is 3. The molecule has 0 radical (unpaired) electrons. The van der Waals surface area contributed by atoms with E-state index in [1.807, 2.05) is 93.6 Å². The van der Waals surface area contributed by atoms with Crippen molar-refractivity contribution in [1.82, 2.24) is 0 Å². The van der Waals surface area contributed by atoms with Crippen molar-refractivity contribution >= 4 is 23.2 Å². The van der Waals surface area contributed by atoms with Crippen molar-refractivity contribution in [2.24, 2.45) is 0 Å². The molecule has 1 saturated heterocycles. The van der Waals surface area contributed by atoms with E-state index < -0.39 is 6.04 Å². The van der Waals surface area contributed by atoms with E-state index in [2.05, 4.69) is 0 Å². The Kier molecular flexibility index (Phi) is 4.93. The van der Waals surface area contributed by atoms with Crippen LogP contribution < -0.4 is 9.80 Å². The van der Waals surface area contributed by atoms with Crippen LogP contribution >= 0.6 is 0 Å². The van der Waals surface area contributed by atoms with Gasteiger partial charge in [-0.05, 0) is 49.6 Å². The molecule has 29 heavy (non-hydrogen) atoms. The van der Waals surface area contributed by atoms with Crippen molar-refractivity contribution in [2.75, 3.05) is 16.3 Å². The molecule has 1 aliphatic heterocycles. The lowest BCUT2D eigenvalue weighted by Gasteiger charge is -2.41. The molecule has 0 aromatic heterocycles. The number of amides is 2. The summed E-state index contributed by atoms with van der Waals surface area (Å²) in [5, 5.41) is 0. The van der Waals surface area contributed by atoms with Gasteiger partial charge in [-0.2, -0.15) is 0 Å². The molecule has 146 valence electrons. The van der Waals surface area contributed by atoms with E-state index >= 15 is 0 Å². The minimum Gasteiger partial charge on any atom is -0.301 e. The minimum absolute atomic E-state index is 0.0281. The van der Waals surface area contributed by atoms with Gasteiger partial charge in [-0.1, -0.05) is 66.2 Å². The van der Waals surface area contributed by atoms with Crippen molar-refractivity contribution in [3.05, 3.63) is 95.1 Å². The normalized spacial score (nSPS) is 17.0.